The molecule has 22 heavy (non-hydrogen) atoms. The van der Waals surface area contributed by atoms with Crippen molar-refractivity contribution in [2.75, 3.05) is 5.75 Å². The fourth-order valence-corrected chi connectivity index (χ4v) is 3.05. The molecule has 0 bridgehead atoms. The van der Waals surface area contributed by atoms with Gasteiger partial charge in [-0.25, -0.2) is 0 Å². The van der Waals surface area contributed by atoms with Crippen LogP contribution in [0.5, 0.6) is 0 Å². The van der Waals surface area contributed by atoms with Gasteiger partial charge in [0.05, 0.1) is 5.75 Å². The van der Waals surface area contributed by atoms with E-state index in [0.29, 0.717) is 6.42 Å². The molecule has 0 heterocycles. The molecule has 6 heteroatoms. The zero-order chi connectivity index (χ0) is 15.1. The fourth-order valence-electron chi connectivity index (χ4n) is 2.48. The topological polar surface area (TPSA) is 54.4 Å². The van der Waals surface area contributed by atoms with E-state index < -0.39 is 10.1 Å². The quantitative estimate of drug-likeness (QED) is 0.242. The van der Waals surface area contributed by atoms with E-state index in [1.165, 1.54) is 70.6 Å². The summed E-state index contributed by atoms with van der Waals surface area (Å²) in [5.41, 5.74) is 0. The average molecular weight is 371 g/mol. The summed E-state index contributed by atoms with van der Waals surface area (Å²) in [6.07, 6.45) is 17.4. The van der Waals surface area contributed by atoms with Crippen molar-refractivity contribution in [2.24, 2.45) is 0 Å². The van der Waals surface area contributed by atoms with Crippen molar-refractivity contribution in [3.8, 4) is 0 Å². The van der Waals surface area contributed by atoms with Crippen LogP contribution in [0.4, 0.5) is 0 Å². The van der Waals surface area contributed by atoms with Crippen molar-refractivity contribution >= 4 is 10.1 Å². The van der Waals surface area contributed by atoms with Gasteiger partial charge in [-0.2, -0.15) is 8.42 Å². The molecule has 0 aliphatic carbocycles. The first-order valence-electron chi connectivity index (χ1n) is 8.51. The van der Waals surface area contributed by atoms with Crippen LogP contribution in [0.2, 0.25) is 0 Å². The predicted octanol–water partition coefficient (Wildman–Crippen LogP) is -0.411. The number of hydrogen-bond acceptors (Lipinski definition) is 2. The first kappa shape index (κ1) is 29.3. The van der Waals surface area contributed by atoms with Crippen LogP contribution in [0.15, 0.2) is 0 Å². The van der Waals surface area contributed by atoms with E-state index in [4.69, 9.17) is 4.55 Å². The summed E-state index contributed by atoms with van der Waals surface area (Å²) in [5.74, 6) is -0.0783. The Balaban J connectivity index is -0.000000301. The van der Waals surface area contributed by atoms with Gasteiger partial charge in [0.1, 0.15) is 0 Å². The zero-order valence-corrected chi connectivity index (χ0v) is 21.2. The third kappa shape index (κ3) is 27.4. The molecule has 0 aliphatic rings. The van der Waals surface area contributed by atoms with Gasteiger partial charge in [0, 0.05) is 0 Å². The first-order valence-corrected chi connectivity index (χ1v) is 10.1. The van der Waals surface area contributed by atoms with Crippen molar-refractivity contribution in [1.82, 2.24) is 0 Å². The molecule has 0 aliphatic heterocycles. The molecule has 0 aromatic rings. The van der Waals surface area contributed by atoms with Crippen LogP contribution in [0.3, 0.4) is 0 Å². The molecule has 126 valence electrons. The summed E-state index contributed by atoms with van der Waals surface area (Å²) in [5, 5.41) is 0. The van der Waals surface area contributed by atoms with E-state index >= 15 is 0 Å². The molecule has 0 saturated carbocycles. The second kappa shape index (κ2) is 21.6. The zero-order valence-electron chi connectivity index (χ0n) is 17.3. The summed E-state index contributed by atoms with van der Waals surface area (Å²) in [7, 11) is -3.74. The van der Waals surface area contributed by atoms with Gasteiger partial charge in [-0.15, -0.1) is 0 Å². The Labute approximate surface area is 206 Å². The summed E-state index contributed by atoms with van der Waals surface area (Å²) in [6, 6.07) is 0. The molecule has 0 fully saturated rings. The molecule has 0 aromatic heterocycles. The average Bonchev–Trinajstić information content (AvgIpc) is 2.38. The summed E-state index contributed by atoms with van der Waals surface area (Å²) in [6.45, 7) is 2.25. The van der Waals surface area contributed by atoms with Crippen LogP contribution >= 0.6 is 0 Å². The normalized spacial score (nSPS) is 10.8. The van der Waals surface area contributed by atoms with Crippen molar-refractivity contribution in [3.05, 3.63) is 0 Å². The van der Waals surface area contributed by atoms with E-state index in [-0.39, 0.29) is 89.5 Å². The molecule has 0 spiro atoms. The first-order chi connectivity index (χ1) is 9.56. The van der Waals surface area contributed by atoms with Crippen LogP contribution in [0.1, 0.15) is 99.7 Å². The summed E-state index contributed by atoms with van der Waals surface area (Å²) in [4.78, 5) is 0. The molecule has 0 amide bonds. The summed E-state index contributed by atoms with van der Waals surface area (Å²) >= 11 is 0. The minimum absolute atomic E-state index is 0. The van der Waals surface area contributed by atoms with Gasteiger partial charge >= 0.3 is 80.9 Å². The molecule has 0 aromatic carbocycles. The number of hydrogen-bond donors (Lipinski definition) is 1. The van der Waals surface area contributed by atoms with Gasteiger partial charge < -0.3 is 2.85 Å². The van der Waals surface area contributed by atoms with Crippen LogP contribution in [0, 0.1) is 0 Å². The Hall–Kier alpha value is 2.55. The van der Waals surface area contributed by atoms with Crippen LogP contribution in [-0.4, -0.2) is 18.7 Å². The molecule has 0 radical (unpaired) electrons. The van der Waals surface area contributed by atoms with Crippen molar-refractivity contribution in [1.29, 1.82) is 0 Å². The fraction of sp³-hybridized carbons (Fsp3) is 1.00. The second-order valence-corrected chi connectivity index (χ2v) is 7.45. The second-order valence-electron chi connectivity index (χ2n) is 5.88. The van der Waals surface area contributed by atoms with Crippen molar-refractivity contribution in [2.45, 2.75) is 96.8 Å². The largest absolute Gasteiger partial charge is 1.00 e. The smallest absolute Gasteiger partial charge is 1.00 e. The maximum Gasteiger partial charge on any atom is 1.00 e. The summed E-state index contributed by atoms with van der Waals surface area (Å²) < 4.78 is 29.6. The molecule has 0 unspecified atom stereocenters. The minimum Gasteiger partial charge on any atom is -1.00 e. The SMILES string of the molecule is CCCCCCCCCCCCCCCCS(=O)(=O)O.[H-].[H-].[K+].[Na+]. The van der Waals surface area contributed by atoms with Gasteiger partial charge in [-0.3, -0.25) is 4.55 Å². The van der Waals surface area contributed by atoms with Gasteiger partial charge in [0.2, 0.25) is 0 Å². The van der Waals surface area contributed by atoms with Gasteiger partial charge in [-0.1, -0.05) is 90.4 Å². The Morgan fingerprint density at radius 3 is 1.23 bits per heavy atom. The minimum atomic E-state index is -3.74. The molecular weight excluding hydrogens is 334 g/mol. The van der Waals surface area contributed by atoms with E-state index in [2.05, 4.69) is 6.92 Å². The maximum atomic E-state index is 10.5. The Morgan fingerprint density at radius 2 is 0.955 bits per heavy atom. The van der Waals surface area contributed by atoms with Crippen LogP contribution in [0.25, 0.3) is 0 Å². The van der Waals surface area contributed by atoms with Crippen LogP contribution in [-0.2, 0) is 10.1 Å². The predicted molar refractivity (Wildman–Crippen MR) is 89.0 cm³/mol. The molecule has 3 nitrogen and oxygen atoms in total. The molecule has 0 saturated heterocycles. The van der Waals surface area contributed by atoms with Crippen molar-refractivity contribution in [3.63, 3.8) is 0 Å². The van der Waals surface area contributed by atoms with Crippen LogP contribution < -0.4 is 80.9 Å². The van der Waals surface area contributed by atoms with Gasteiger partial charge in [0.25, 0.3) is 10.1 Å². The maximum absolute atomic E-state index is 10.5. The van der Waals surface area contributed by atoms with E-state index in [1.807, 2.05) is 0 Å². The van der Waals surface area contributed by atoms with Gasteiger partial charge in [0.15, 0.2) is 0 Å². The Kier molecular flexibility index (Phi) is 28.8. The molecule has 0 rings (SSSR count). The van der Waals surface area contributed by atoms with E-state index in [9.17, 15) is 8.42 Å². The third-order valence-corrected chi connectivity index (χ3v) is 4.56. The monoisotopic (exact) mass is 370 g/mol. The standard InChI is InChI=1S/C16H34O3S.K.Na.2H/c1-2-3-4-5-6-7-8-9-10-11-12-13-14-15-16-20(17,18)19;;;;/h2-16H2,1H3,(H,17,18,19);;;;/q;2*+1;2*-1. The third-order valence-electron chi connectivity index (χ3n) is 3.76. The number of rotatable bonds is 15. The molecule has 0 atom stereocenters. The molecular formula is C16H36KNaO3S. The van der Waals surface area contributed by atoms with E-state index in [0.717, 1.165) is 12.8 Å². The van der Waals surface area contributed by atoms with Crippen molar-refractivity contribution < 1.29 is 96.8 Å². The molecule has 1 N–H and O–H groups in total. The Bertz CT molecular complexity index is 308. The van der Waals surface area contributed by atoms with E-state index in [1.54, 1.807) is 0 Å². The number of unbranched alkanes of at least 4 members (excludes halogenated alkanes) is 13. The Morgan fingerprint density at radius 1 is 0.682 bits per heavy atom. The van der Waals surface area contributed by atoms with Gasteiger partial charge in [-0.05, 0) is 6.42 Å².